The van der Waals surface area contributed by atoms with E-state index in [1.165, 1.54) is 0 Å². The predicted molar refractivity (Wildman–Crippen MR) is 113 cm³/mol. The van der Waals surface area contributed by atoms with E-state index in [0.717, 1.165) is 43.5 Å². The third-order valence-corrected chi connectivity index (χ3v) is 5.44. The van der Waals surface area contributed by atoms with Gasteiger partial charge in [-0.1, -0.05) is 23.5 Å². The van der Waals surface area contributed by atoms with Gasteiger partial charge in [0.15, 0.2) is 0 Å². The largest absolute Gasteiger partial charge is 0.497 e. The van der Waals surface area contributed by atoms with Crippen LogP contribution in [0.2, 0.25) is 0 Å². The first-order valence-corrected chi connectivity index (χ1v) is 9.69. The van der Waals surface area contributed by atoms with E-state index < -0.39 is 0 Å². The molecule has 0 atom stereocenters. The topological polar surface area (TPSA) is 64.1 Å². The summed E-state index contributed by atoms with van der Waals surface area (Å²) >= 11 is 1.56. The van der Waals surface area contributed by atoms with Crippen molar-refractivity contribution in [3.8, 4) is 16.3 Å². The normalized spacial score (nSPS) is 10.8. The minimum atomic E-state index is -0.0618. The van der Waals surface area contributed by atoms with Gasteiger partial charge in [-0.15, -0.1) is 0 Å². The summed E-state index contributed by atoms with van der Waals surface area (Å²) in [6.45, 7) is 1.98. The Labute approximate surface area is 167 Å². The zero-order chi connectivity index (χ0) is 19.5. The van der Waals surface area contributed by atoms with E-state index >= 15 is 0 Å². The molecule has 2 aromatic carbocycles. The van der Waals surface area contributed by atoms with Crippen LogP contribution in [0.3, 0.4) is 0 Å². The summed E-state index contributed by atoms with van der Waals surface area (Å²) in [5.41, 5.74) is 4.62. The van der Waals surface area contributed by atoms with E-state index in [1.807, 2.05) is 61.5 Å². The Hall–Kier alpha value is -3.25. The smallest absolute Gasteiger partial charge is 0.228 e. The fourth-order valence-electron chi connectivity index (χ4n) is 2.99. The van der Waals surface area contributed by atoms with Crippen LogP contribution in [0.15, 0.2) is 60.8 Å². The van der Waals surface area contributed by atoms with Crippen molar-refractivity contribution in [2.24, 2.45) is 0 Å². The summed E-state index contributed by atoms with van der Waals surface area (Å²) in [5.74, 6) is 0.685. The molecule has 0 bridgehead atoms. The Kier molecular flexibility index (Phi) is 5.04. The Morgan fingerprint density at radius 1 is 1.14 bits per heavy atom. The van der Waals surface area contributed by atoms with Crippen molar-refractivity contribution >= 4 is 33.3 Å². The number of rotatable bonds is 5. The number of nitrogens with one attached hydrogen (secondary N) is 1. The number of thiazole rings is 1. The molecule has 0 aliphatic heterocycles. The molecule has 0 unspecified atom stereocenters. The fourth-order valence-corrected chi connectivity index (χ4v) is 3.90. The molecule has 6 heteroatoms. The van der Waals surface area contributed by atoms with Gasteiger partial charge in [-0.3, -0.25) is 4.79 Å². The number of aromatic nitrogens is 2. The lowest BCUT2D eigenvalue weighted by atomic mass is 10.1. The molecule has 1 amide bonds. The van der Waals surface area contributed by atoms with E-state index in [0.29, 0.717) is 6.42 Å². The molecule has 28 heavy (non-hydrogen) atoms. The SMILES string of the molecule is COc1cccc(CC(=O)Nc2ccc(-c3nc4cccnc4s3)cc2C)c1. The molecular weight excluding hydrogens is 370 g/mol. The number of anilines is 1. The van der Waals surface area contributed by atoms with Gasteiger partial charge in [0.25, 0.3) is 0 Å². The second-order valence-electron chi connectivity index (χ2n) is 6.45. The summed E-state index contributed by atoms with van der Waals surface area (Å²) in [6, 6.07) is 17.3. The van der Waals surface area contributed by atoms with Gasteiger partial charge < -0.3 is 10.1 Å². The van der Waals surface area contributed by atoms with Crippen LogP contribution in [-0.4, -0.2) is 23.0 Å². The average molecular weight is 389 g/mol. The molecule has 140 valence electrons. The summed E-state index contributed by atoms with van der Waals surface area (Å²) in [6.07, 6.45) is 2.07. The third-order valence-electron chi connectivity index (χ3n) is 4.41. The predicted octanol–water partition coefficient (Wildman–Crippen LogP) is 4.86. The number of methoxy groups -OCH3 is 1. The highest BCUT2D eigenvalue weighted by Gasteiger charge is 2.11. The number of fused-ring (bicyclic) bond motifs is 1. The van der Waals surface area contributed by atoms with E-state index in [1.54, 1.807) is 24.6 Å². The number of aryl methyl sites for hydroxylation is 1. The molecule has 0 spiro atoms. The monoisotopic (exact) mass is 389 g/mol. The molecule has 2 heterocycles. The van der Waals surface area contributed by atoms with Crippen molar-refractivity contribution in [1.29, 1.82) is 0 Å². The molecule has 0 fully saturated rings. The number of carbonyl (C=O) groups excluding carboxylic acids is 1. The number of benzene rings is 2. The molecule has 0 saturated carbocycles. The summed E-state index contributed by atoms with van der Waals surface area (Å²) in [5, 5.41) is 3.91. The zero-order valence-electron chi connectivity index (χ0n) is 15.6. The van der Waals surface area contributed by atoms with Gasteiger partial charge in [0.2, 0.25) is 5.91 Å². The second-order valence-corrected chi connectivity index (χ2v) is 7.43. The summed E-state index contributed by atoms with van der Waals surface area (Å²) in [7, 11) is 1.62. The quantitative estimate of drug-likeness (QED) is 0.530. The van der Waals surface area contributed by atoms with Gasteiger partial charge in [-0.05, 0) is 60.5 Å². The lowest BCUT2D eigenvalue weighted by molar-refractivity contribution is -0.115. The van der Waals surface area contributed by atoms with Crippen LogP contribution in [0, 0.1) is 6.92 Å². The Morgan fingerprint density at radius 2 is 2.04 bits per heavy atom. The standard InChI is InChI=1S/C22H19N3O2S/c1-14-11-16(21-25-19-7-4-10-23-22(19)28-21)8-9-18(14)24-20(26)13-15-5-3-6-17(12-15)27-2/h3-12H,13H2,1-2H3,(H,24,26). The maximum atomic E-state index is 12.4. The van der Waals surface area contributed by atoms with Crippen LogP contribution in [-0.2, 0) is 11.2 Å². The molecule has 2 aromatic heterocycles. The van der Waals surface area contributed by atoms with E-state index in [2.05, 4.69) is 15.3 Å². The van der Waals surface area contributed by atoms with Crippen LogP contribution < -0.4 is 10.1 Å². The maximum Gasteiger partial charge on any atom is 0.228 e. The lowest BCUT2D eigenvalue weighted by Gasteiger charge is -2.10. The number of amides is 1. The lowest BCUT2D eigenvalue weighted by Crippen LogP contribution is -2.15. The molecule has 4 aromatic rings. The van der Waals surface area contributed by atoms with Gasteiger partial charge >= 0.3 is 0 Å². The van der Waals surface area contributed by atoms with E-state index in [4.69, 9.17) is 4.74 Å². The number of ether oxygens (including phenoxy) is 1. The number of hydrogen-bond acceptors (Lipinski definition) is 5. The third kappa shape index (κ3) is 3.87. The highest BCUT2D eigenvalue weighted by molar-refractivity contribution is 7.21. The molecule has 0 aliphatic rings. The van der Waals surface area contributed by atoms with E-state index in [-0.39, 0.29) is 5.91 Å². The number of nitrogens with zero attached hydrogens (tertiary/aromatic N) is 2. The Morgan fingerprint density at radius 3 is 2.82 bits per heavy atom. The molecule has 4 rings (SSSR count). The number of pyridine rings is 1. The zero-order valence-corrected chi connectivity index (χ0v) is 16.4. The number of carbonyl (C=O) groups is 1. The molecule has 1 N–H and O–H groups in total. The van der Waals surface area contributed by atoms with Gasteiger partial charge in [-0.2, -0.15) is 0 Å². The summed E-state index contributed by atoms with van der Waals surface area (Å²) < 4.78 is 5.21. The van der Waals surface area contributed by atoms with E-state index in [9.17, 15) is 4.79 Å². The van der Waals surface area contributed by atoms with Crippen molar-refractivity contribution in [2.75, 3.05) is 12.4 Å². The minimum absolute atomic E-state index is 0.0618. The minimum Gasteiger partial charge on any atom is -0.497 e. The van der Waals surface area contributed by atoms with Crippen LogP contribution in [0.4, 0.5) is 5.69 Å². The molecule has 0 saturated heterocycles. The van der Waals surface area contributed by atoms with Crippen LogP contribution in [0.25, 0.3) is 20.9 Å². The molecule has 0 radical (unpaired) electrons. The Bertz CT molecular complexity index is 1120. The van der Waals surface area contributed by atoms with Crippen molar-refractivity contribution in [3.05, 3.63) is 71.9 Å². The van der Waals surface area contributed by atoms with Crippen molar-refractivity contribution in [1.82, 2.24) is 9.97 Å². The van der Waals surface area contributed by atoms with Gasteiger partial charge in [0, 0.05) is 17.4 Å². The first kappa shape index (κ1) is 18.1. The van der Waals surface area contributed by atoms with Gasteiger partial charge in [-0.25, -0.2) is 9.97 Å². The van der Waals surface area contributed by atoms with Gasteiger partial charge in [0.1, 0.15) is 21.1 Å². The second kappa shape index (κ2) is 7.78. The molecule has 5 nitrogen and oxygen atoms in total. The van der Waals surface area contributed by atoms with Crippen LogP contribution >= 0.6 is 11.3 Å². The highest BCUT2D eigenvalue weighted by atomic mass is 32.1. The van der Waals surface area contributed by atoms with Crippen molar-refractivity contribution in [2.45, 2.75) is 13.3 Å². The fraction of sp³-hybridized carbons (Fsp3) is 0.136. The Balaban J connectivity index is 1.50. The van der Waals surface area contributed by atoms with Crippen molar-refractivity contribution < 1.29 is 9.53 Å². The van der Waals surface area contributed by atoms with Crippen LogP contribution in [0.1, 0.15) is 11.1 Å². The average Bonchev–Trinajstić information content (AvgIpc) is 3.14. The first-order chi connectivity index (χ1) is 13.6. The maximum absolute atomic E-state index is 12.4. The highest BCUT2D eigenvalue weighted by Crippen LogP contribution is 2.31. The molecular formula is C22H19N3O2S. The van der Waals surface area contributed by atoms with Crippen molar-refractivity contribution in [3.63, 3.8) is 0 Å². The summed E-state index contributed by atoms with van der Waals surface area (Å²) in [4.78, 5) is 22.4. The van der Waals surface area contributed by atoms with Crippen LogP contribution in [0.5, 0.6) is 5.75 Å². The van der Waals surface area contributed by atoms with Gasteiger partial charge in [0.05, 0.1) is 13.5 Å². The first-order valence-electron chi connectivity index (χ1n) is 8.88. The molecule has 0 aliphatic carbocycles. The number of hydrogen-bond donors (Lipinski definition) is 1.